The molecule has 0 spiro atoms. The highest BCUT2D eigenvalue weighted by Gasteiger charge is 2.17. The number of nitrogens with one attached hydrogen (secondary N) is 2. The van der Waals surface area contributed by atoms with E-state index in [0.29, 0.717) is 5.92 Å². The molecule has 1 atom stereocenters. The fourth-order valence-electron chi connectivity index (χ4n) is 3.93. The van der Waals surface area contributed by atoms with Crippen molar-refractivity contribution >= 4 is 29.3 Å². The van der Waals surface area contributed by atoms with Crippen LogP contribution in [0.3, 0.4) is 0 Å². The second-order valence-electron chi connectivity index (χ2n) is 7.29. The van der Waals surface area contributed by atoms with Crippen LogP contribution in [0.2, 0.25) is 0 Å². The predicted molar refractivity (Wildman–Crippen MR) is 113 cm³/mol. The largest absolute Gasteiger partial charge is 0.493 e. The lowest BCUT2D eigenvalue weighted by molar-refractivity contribution is 0.357. The molecule has 7 heteroatoms. The van der Waals surface area contributed by atoms with Crippen LogP contribution in [0, 0.1) is 5.92 Å². The van der Waals surface area contributed by atoms with Crippen molar-refractivity contribution in [1.29, 1.82) is 0 Å². The minimum atomic E-state index is 0. The maximum absolute atomic E-state index is 5.63. The number of ether oxygens (including phenoxy) is 1. The minimum Gasteiger partial charge on any atom is -0.493 e. The fraction of sp³-hybridized carbons (Fsp3) is 0.381. The van der Waals surface area contributed by atoms with Crippen LogP contribution in [-0.2, 0) is 6.42 Å². The molecule has 2 aliphatic heterocycles. The van der Waals surface area contributed by atoms with Crippen molar-refractivity contribution in [3.05, 3.63) is 42.2 Å². The van der Waals surface area contributed by atoms with Gasteiger partial charge in [-0.1, -0.05) is 0 Å². The average molecular weight is 398 g/mol. The first kappa shape index (κ1) is 18.9. The average Bonchev–Trinajstić information content (AvgIpc) is 3.20. The van der Waals surface area contributed by atoms with E-state index in [4.69, 9.17) is 9.72 Å². The van der Waals surface area contributed by atoms with Gasteiger partial charge in [-0.05, 0) is 61.7 Å². The molecular weight excluding hydrogens is 374 g/mol. The van der Waals surface area contributed by atoms with Crippen molar-refractivity contribution in [1.82, 2.24) is 20.3 Å². The zero-order valence-corrected chi connectivity index (χ0v) is 16.5. The van der Waals surface area contributed by atoms with Crippen LogP contribution in [0.25, 0.3) is 22.3 Å². The molecule has 28 heavy (non-hydrogen) atoms. The summed E-state index contributed by atoms with van der Waals surface area (Å²) >= 11 is 0. The first-order valence-corrected chi connectivity index (χ1v) is 9.69. The fourth-order valence-corrected chi connectivity index (χ4v) is 3.93. The van der Waals surface area contributed by atoms with E-state index in [-0.39, 0.29) is 12.4 Å². The van der Waals surface area contributed by atoms with E-state index in [9.17, 15) is 0 Å². The summed E-state index contributed by atoms with van der Waals surface area (Å²) in [6, 6.07) is 8.32. The van der Waals surface area contributed by atoms with E-state index >= 15 is 0 Å². The summed E-state index contributed by atoms with van der Waals surface area (Å²) in [7, 11) is 0. The second kappa shape index (κ2) is 8.29. The number of nitrogens with zero attached hydrogens (tertiary/aromatic N) is 3. The van der Waals surface area contributed by atoms with Crippen LogP contribution in [0.5, 0.6) is 5.75 Å². The Morgan fingerprint density at radius 1 is 1.18 bits per heavy atom. The van der Waals surface area contributed by atoms with Gasteiger partial charge in [-0.15, -0.1) is 12.4 Å². The molecule has 2 N–H and O–H groups in total. The quantitative estimate of drug-likeness (QED) is 0.702. The number of pyridine rings is 1. The number of rotatable bonds is 4. The summed E-state index contributed by atoms with van der Waals surface area (Å²) in [5.74, 6) is 2.42. The van der Waals surface area contributed by atoms with Crippen LogP contribution in [0.4, 0.5) is 5.82 Å². The standard InChI is InChI=1S/C21H23N5O.ClH/c1-2-14(12-22-6-1)13-25-21-20-18(23-7-8-24-20)11-17(26-21)15-3-4-19-16(10-15)5-9-27-19;/h3-4,7-8,10-11,14,22H,1-2,5-6,9,12-13H2,(H,25,26);1H/t14-;/m0./s1. The summed E-state index contributed by atoms with van der Waals surface area (Å²) in [6.07, 6.45) is 6.89. The highest BCUT2D eigenvalue weighted by molar-refractivity contribution is 5.88. The summed E-state index contributed by atoms with van der Waals surface area (Å²) < 4.78 is 5.63. The van der Waals surface area contributed by atoms with Crippen LogP contribution >= 0.6 is 12.4 Å². The van der Waals surface area contributed by atoms with E-state index in [0.717, 1.165) is 66.5 Å². The van der Waals surface area contributed by atoms with Gasteiger partial charge in [0.05, 0.1) is 17.8 Å². The van der Waals surface area contributed by atoms with Gasteiger partial charge >= 0.3 is 0 Å². The van der Waals surface area contributed by atoms with Crippen LogP contribution in [0.1, 0.15) is 18.4 Å². The van der Waals surface area contributed by atoms with Gasteiger partial charge in [-0.25, -0.2) is 9.97 Å². The summed E-state index contributed by atoms with van der Waals surface area (Å²) in [6.45, 7) is 3.84. The van der Waals surface area contributed by atoms with Crippen LogP contribution in [0.15, 0.2) is 36.7 Å². The molecule has 0 aliphatic carbocycles. The van der Waals surface area contributed by atoms with Gasteiger partial charge in [0.25, 0.3) is 0 Å². The number of hydrogen-bond acceptors (Lipinski definition) is 6. The van der Waals surface area contributed by atoms with Gasteiger partial charge < -0.3 is 15.4 Å². The van der Waals surface area contributed by atoms with Crippen molar-refractivity contribution in [2.75, 3.05) is 31.6 Å². The molecule has 0 radical (unpaired) electrons. The molecule has 4 heterocycles. The number of benzene rings is 1. The molecule has 6 nitrogen and oxygen atoms in total. The Labute approximate surface area is 170 Å². The highest BCUT2D eigenvalue weighted by Crippen LogP contribution is 2.32. The topological polar surface area (TPSA) is 72.0 Å². The third-order valence-corrected chi connectivity index (χ3v) is 5.40. The Morgan fingerprint density at radius 3 is 3.00 bits per heavy atom. The van der Waals surface area contributed by atoms with E-state index in [1.807, 2.05) is 12.1 Å². The Morgan fingerprint density at radius 2 is 2.11 bits per heavy atom. The third-order valence-electron chi connectivity index (χ3n) is 5.40. The van der Waals surface area contributed by atoms with Gasteiger partial charge in [0.2, 0.25) is 0 Å². The van der Waals surface area contributed by atoms with Crippen molar-refractivity contribution < 1.29 is 4.74 Å². The number of halogens is 1. The number of piperidine rings is 1. The molecule has 0 unspecified atom stereocenters. The molecule has 5 rings (SSSR count). The SMILES string of the molecule is Cl.c1cnc2c(NC[C@H]3CCCNC3)nc(-c3ccc4c(c3)CCO4)cc2n1. The summed E-state index contributed by atoms with van der Waals surface area (Å²) in [5, 5.41) is 7.01. The lowest BCUT2D eigenvalue weighted by Gasteiger charge is -2.23. The van der Waals surface area contributed by atoms with Gasteiger partial charge in [-0.3, -0.25) is 4.98 Å². The highest BCUT2D eigenvalue weighted by atomic mass is 35.5. The smallest absolute Gasteiger partial charge is 0.154 e. The molecule has 1 fully saturated rings. The molecule has 0 amide bonds. The molecule has 1 aromatic carbocycles. The maximum Gasteiger partial charge on any atom is 0.154 e. The number of aromatic nitrogens is 3. The molecular formula is C21H24ClN5O. The zero-order chi connectivity index (χ0) is 18.1. The van der Waals surface area contributed by atoms with Gasteiger partial charge in [0.15, 0.2) is 5.82 Å². The molecule has 3 aromatic rings. The van der Waals surface area contributed by atoms with Gasteiger partial charge in [0, 0.05) is 30.9 Å². The third kappa shape index (κ3) is 3.75. The summed E-state index contributed by atoms with van der Waals surface area (Å²) in [4.78, 5) is 13.9. The Bertz CT molecular complexity index is 974. The van der Waals surface area contributed by atoms with E-state index in [1.54, 1.807) is 12.4 Å². The Kier molecular flexibility index (Phi) is 5.59. The molecule has 2 aromatic heterocycles. The minimum absolute atomic E-state index is 0. The number of anilines is 1. The van der Waals surface area contributed by atoms with Crippen LogP contribution < -0.4 is 15.4 Å². The maximum atomic E-state index is 5.63. The normalized spacial score (nSPS) is 18.2. The first-order chi connectivity index (χ1) is 13.4. The molecule has 0 bridgehead atoms. The lowest BCUT2D eigenvalue weighted by Crippen LogP contribution is -2.33. The predicted octanol–water partition coefficient (Wildman–Crippen LogP) is 3.46. The zero-order valence-electron chi connectivity index (χ0n) is 15.6. The van der Waals surface area contributed by atoms with Gasteiger partial charge in [-0.2, -0.15) is 0 Å². The van der Waals surface area contributed by atoms with Crippen molar-refractivity contribution in [3.8, 4) is 17.0 Å². The van der Waals surface area contributed by atoms with Crippen molar-refractivity contribution in [2.45, 2.75) is 19.3 Å². The molecule has 146 valence electrons. The van der Waals surface area contributed by atoms with E-state index in [1.165, 1.54) is 18.4 Å². The second-order valence-corrected chi connectivity index (χ2v) is 7.29. The lowest BCUT2D eigenvalue weighted by atomic mass is 10.00. The van der Waals surface area contributed by atoms with Crippen molar-refractivity contribution in [3.63, 3.8) is 0 Å². The molecule has 1 saturated heterocycles. The van der Waals surface area contributed by atoms with Crippen LogP contribution in [-0.4, -0.2) is 41.2 Å². The van der Waals surface area contributed by atoms with E-state index < -0.39 is 0 Å². The van der Waals surface area contributed by atoms with E-state index in [2.05, 4.69) is 32.7 Å². The Balaban J connectivity index is 0.00000192. The monoisotopic (exact) mass is 397 g/mol. The number of hydrogen-bond donors (Lipinski definition) is 2. The first-order valence-electron chi connectivity index (χ1n) is 9.69. The Hall–Kier alpha value is -2.44. The number of fused-ring (bicyclic) bond motifs is 2. The van der Waals surface area contributed by atoms with Gasteiger partial charge in [0.1, 0.15) is 11.3 Å². The summed E-state index contributed by atoms with van der Waals surface area (Å²) in [5.41, 5.74) is 4.95. The van der Waals surface area contributed by atoms with Crippen molar-refractivity contribution in [2.24, 2.45) is 5.92 Å². The molecule has 0 saturated carbocycles. The molecule has 2 aliphatic rings.